The van der Waals surface area contributed by atoms with E-state index in [1.807, 2.05) is 68.8 Å². The third kappa shape index (κ3) is 4.53. The van der Waals surface area contributed by atoms with E-state index in [9.17, 15) is 8.42 Å². The average molecular weight is 517 g/mol. The number of rotatable bonds is 5. The maximum Gasteiger partial charge on any atom is 0.243 e. The Morgan fingerprint density at radius 1 is 0.757 bits per heavy atom. The van der Waals surface area contributed by atoms with Gasteiger partial charge in [0.05, 0.1) is 16.9 Å². The predicted molar refractivity (Wildman–Crippen MR) is 146 cm³/mol. The Morgan fingerprint density at radius 2 is 1.38 bits per heavy atom. The molecular formula is C28H32N6O2S. The standard InChI is InChI=1S/C28H32N6O2S/c1-19-20(2)22(4)27(23(5)21(19)3)37(35,36)34-16-14-32(15-17-34)28-30-11-10-26(31-28)24-6-8-25(9-7-24)33-13-12-29-18-33/h6-13,18H,14-17H2,1-5H3. The fraction of sp³-hybridized carbons (Fsp3) is 0.321. The molecule has 9 heteroatoms. The Labute approximate surface area is 218 Å². The molecule has 2 aromatic carbocycles. The number of benzene rings is 2. The summed E-state index contributed by atoms with van der Waals surface area (Å²) in [5.74, 6) is 0.614. The number of hydrogen-bond donors (Lipinski definition) is 0. The van der Waals surface area contributed by atoms with E-state index in [0.29, 0.717) is 37.0 Å². The molecule has 8 nitrogen and oxygen atoms in total. The van der Waals surface area contributed by atoms with Crippen LogP contribution in [0.5, 0.6) is 0 Å². The Bertz CT molecular complexity index is 1510. The van der Waals surface area contributed by atoms with Crippen molar-refractivity contribution in [2.75, 3.05) is 31.1 Å². The molecule has 3 heterocycles. The number of hydrogen-bond acceptors (Lipinski definition) is 6. The summed E-state index contributed by atoms with van der Waals surface area (Å²) in [6.45, 7) is 11.7. The van der Waals surface area contributed by atoms with Gasteiger partial charge in [-0.2, -0.15) is 4.31 Å². The van der Waals surface area contributed by atoms with Crippen molar-refractivity contribution in [3.8, 4) is 16.9 Å². The fourth-order valence-corrected chi connectivity index (χ4v) is 6.97. The van der Waals surface area contributed by atoms with E-state index in [4.69, 9.17) is 4.98 Å². The highest BCUT2D eigenvalue weighted by Gasteiger charge is 2.33. The third-order valence-electron chi connectivity index (χ3n) is 7.66. The molecule has 0 unspecified atom stereocenters. The molecule has 192 valence electrons. The zero-order valence-corrected chi connectivity index (χ0v) is 22.7. The maximum atomic E-state index is 13.7. The van der Waals surface area contributed by atoms with Crippen LogP contribution in [0, 0.1) is 34.6 Å². The van der Waals surface area contributed by atoms with Crippen LogP contribution in [0.4, 0.5) is 5.95 Å². The molecule has 1 aliphatic rings. The summed E-state index contributed by atoms with van der Waals surface area (Å²) in [6, 6.07) is 10.0. The van der Waals surface area contributed by atoms with Gasteiger partial charge in [-0.05, 0) is 80.6 Å². The largest absolute Gasteiger partial charge is 0.338 e. The maximum absolute atomic E-state index is 13.7. The first-order valence-corrected chi connectivity index (χ1v) is 13.9. The van der Waals surface area contributed by atoms with E-state index in [0.717, 1.165) is 44.8 Å². The van der Waals surface area contributed by atoms with Gasteiger partial charge in [-0.3, -0.25) is 0 Å². The van der Waals surface area contributed by atoms with Crippen LogP contribution >= 0.6 is 0 Å². The van der Waals surface area contributed by atoms with Crippen LogP contribution in [0.25, 0.3) is 16.9 Å². The Morgan fingerprint density at radius 3 is 1.97 bits per heavy atom. The second kappa shape index (κ2) is 9.72. The average Bonchev–Trinajstić information content (AvgIpc) is 3.46. The molecule has 1 saturated heterocycles. The summed E-state index contributed by atoms with van der Waals surface area (Å²) in [4.78, 5) is 15.9. The van der Waals surface area contributed by atoms with Gasteiger partial charge in [0.1, 0.15) is 0 Å². The van der Waals surface area contributed by atoms with Gasteiger partial charge in [0.2, 0.25) is 16.0 Å². The summed E-state index contributed by atoms with van der Waals surface area (Å²) >= 11 is 0. The van der Waals surface area contributed by atoms with Crippen LogP contribution in [0.15, 0.2) is 60.1 Å². The minimum atomic E-state index is -3.61. The van der Waals surface area contributed by atoms with E-state index >= 15 is 0 Å². The summed E-state index contributed by atoms with van der Waals surface area (Å²) in [5, 5.41) is 0. The highest BCUT2D eigenvalue weighted by molar-refractivity contribution is 7.89. The lowest BCUT2D eigenvalue weighted by Gasteiger charge is -2.35. The first-order chi connectivity index (χ1) is 17.7. The van der Waals surface area contributed by atoms with Gasteiger partial charge < -0.3 is 9.47 Å². The van der Waals surface area contributed by atoms with E-state index in [2.05, 4.69) is 21.8 Å². The van der Waals surface area contributed by atoms with Gasteiger partial charge in [0, 0.05) is 56.0 Å². The topological polar surface area (TPSA) is 84.2 Å². The van der Waals surface area contributed by atoms with Crippen molar-refractivity contribution in [3.63, 3.8) is 0 Å². The molecule has 1 fully saturated rings. The number of aromatic nitrogens is 4. The van der Waals surface area contributed by atoms with Gasteiger partial charge in [0.15, 0.2) is 0 Å². The summed E-state index contributed by atoms with van der Waals surface area (Å²) in [7, 11) is -3.61. The normalized spacial score (nSPS) is 14.8. The zero-order chi connectivity index (χ0) is 26.3. The minimum Gasteiger partial charge on any atom is -0.338 e. The Kier molecular flexibility index (Phi) is 6.59. The third-order valence-corrected chi connectivity index (χ3v) is 9.83. The monoisotopic (exact) mass is 516 g/mol. The van der Waals surface area contributed by atoms with Crippen molar-refractivity contribution in [3.05, 3.63) is 83.1 Å². The van der Waals surface area contributed by atoms with Gasteiger partial charge in [-0.25, -0.2) is 23.4 Å². The van der Waals surface area contributed by atoms with E-state index in [1.54, 1.807) is 23.0 Å². The van der Waals surface area contributed by atoms with Crippen LogP contribution in [0.3, 0.4) is 0 Å². The van der Waals surface area contributed by atoms with E-state index in [-0.39, 0.29) is 0 Å². The molecule has 37 heavy (non-hydrogen) atoms. The summed E-state index contributed by atoms with van der Waals surface area (Å²) < 4.78 is 31.0. The van der Waals surface area contributed by atoms with Crippen molar-refractivity contribution in [2.24, 2.45) is 0 Å². The molecule has 0 spiro atoms. The van der Waals surface area contributed by atoms with Crippen LogP contribution in [-0.2, 0) is 10.0 Å². The molecular weight excluding hydrogens is 484 g/mol. The molecule has 0 radical (unpaired) electrons. The van der Waals surface area contributed by atoms with Crippen molar-refractivity contribution < 1.29 is 8.42 Å². The van der Waals surface area contributed by atoms with Gasteiger partial charge >= 0.3 is 0 Å². The second-order valence-electron chi connectivity index (χ2n) is 9.60. The van der Waals surface area contributed by atoms with E-state index < -0.39 is 10.0 Å². The van der Waals surface area contributed by atoms with Crippen LogP contribution in [0.1, 0.15) is 27.8 Å². The zero-order valence-electron chi connectivity index (χ0n) is 21.9. The lowest BCUT2D eigenvalue weighted by molar-refractivity contribution is 0.382. The molecule has 0 bridgehead atoms. The summed E-state index contributed by atoms with van der Waals surface area (Å²) in [5.41, 5.74) is 7.78. The second-order valence-corrected chi connectivity index (χ2v) is 11.5. The number of imidazole rings is 1. The number of piperazine rings is 1. The number of sulfonamides is 1. The molecule has 0 aliphatic carbocycles. The molecule has 0 saturated carbocycles. The van der Waals surface area contributed by atoms with Gasteiger partial charge in [-0.15, -0.1) is 0 Å². The van der Waals surface area contributed by atoms with Gasteiger partial charge in [-0.1, -0.05) is 12.1 Å². The molecule has 0 atom stereocenters. The predicted octanol–water partition coefficient (Wildman–Crippen LogP) is 4.38. The number of anilines is 1. The van der Waals surface area contributed by atoms with Crippen molar-refractivity contribution >= 4 is 16.0 Å². The molecule has 2 aromatic heterocycles. The smallest absolute Gasteiger partial charge is 0.243 e. The van der Waals surface area contributed by atoms with Crippen molar-refractivity contribution in [1.82, 2.24) is 23.8 Å². The number of nitrogens with zero attached hydrogens (tertiary/aromatic N) is 6. The lowest BCUT2D eigenvalue weighted by Crippen LogP contribution is -2.49. The van der Waals surface area contributed by atoms with Crippen molar-refractivity contribution in [1.29, 1.82) is 0 Å². The van der Waals surface area contributed by atoms with Crippen molar-refractivity contribution in [2.45, 2.75) is 39.5 Å². The first kappa shape index (κ1) is 25.1. The SMILES string of the molecule is Cc1c(C)c(C)c(S(=O)(=O)N2CCN(c3nccc(-c4ccc(-n5ccnc5)cc4)n3)CC2)c(C)c1C. The molecule has 0 N–H and O–H groups in total. The molecule has 4 aromatic rings. The van der Waals surface area contributed by atoms with Crippen LogP contribution < -0.4 is 4.90 Å². The highest BCUT2D eigenvalue weighted by Crippen LogP contribution is 2.32. The van der Waals surface area contributed by atoms with Crippen LogP contribution in [0.2, 0.25) is 0 Å². The lowest BCUT2D eigenvalue weighted by atomic mass is 9.95. The highest BCUT2D eigenvalue weighted by atomic mass is 32.2. The molecule has 0 amide bonds. The van der Waals surface area contributed by atoms with Crippen LogP contribution in [-0.4, -0.2) is 58.4 Å². The Hall–Kier alpha value is -3.56. The van der Waals surface area contributed by atoms with E-state index in [1.165, 1.54) is 0 Å². The summed E-state index contributed by atoms with van der Waals surface area (Å²) in [6.07, 6.45) is 7.18. The van der Waals surface area contributed by atoms with Gasteiger partial charge in [0.25, 0.3) is 0 Å². The first-order valence-electron chi connectivity index (χ1n) is 12.4. The fourth-order valence-electron chi connectivity index (χ4n) is 4.99. The molecule has 5 rings (SSSR count). The Balaban J connectivity index is 1.33. The molecule has 1 aliphatic heterocycles. The quantitative estimate of drug-likeness (QED) is 0.391. The minimum absolute atomic E-state index is 0.389.